The lowest BCUT2D eigenvalue weighted by Crippen LogP contribution is -2.17. The first-order valence-corrected chi connectivity index (χ1v) is 2.64. The van der Waals surface area contributed by atoms with Crippen molar-refractivity contribution in [1.82, 2.24) is 0 Å². The number of rotatable bonds is 0. The lowest BCUT2D eigenvalue weighted by Gasteiger charge is -2.09. The molecule has 1 aliphatic rings. The third-order valence-electron chi connectivity index (χ3n) is 1.13. The van der Waals surface area contributed by atoms with Gasteiger partial charge in [-0.05, 0) is 18.2 Å². The van der Waals surface area contributed by atoms with Crippen LogP contribution in [0.3, 0.4) is 0 Å². The van der Waals surface area contributed by atoms with Gasteiger partial charge in [-0.1, -0.05) is 0 Å². The van der Waals surface area contributed by atoms with Gasteiger partial charge in [0.1, 0.15) is 0 Å². The molecule has 0 saturated carbocycles. The normalized spacial score (nSPS) is 34.2. The van der Waals surface area contributed by atoms with Crippen molar-refractivity contribution < 1.29 is 8.78 Å². The molecule has 0 aromatic heterocycles. The molecule has 0 aromatic rings. The highest BCUT2D eigenvalue weighted by atomic mass is 19.2. The number of hydrogen-bond acceptors (Lipinski definition) is 1. The molecule has 2 unspecified atom stereocenters. The van der Waals surface area contributed by atoms with Gasteiger partial charge in [-0.2, -0.15) is 0 Å². The topological polar surface area (TPSA) is 26.0 Å². The molecule has 9 heavy (non-hydrogen) atoms. The van der Waals surface area contributed by atoms with Crippen LogP contribution in [0.2, 0.25) is 0 Å². The van der Waals surface area contributed by atoms with Crippen LogP contribution in [-0.2, 0) is 0 Å². The van der Waals surface area contributed by atoms with Crippen LogP contribution in [0.5, 0.6) is 0 Å². The minimum Gasteiger partial charge on any atom is -0.399 e. The van der Waals surface area contributed by atoms with Gasteiger partial charge in [0.05, 0.1) is 0 Å². The summed E-state index contributed by atoms with van der Waals surface area (Å²) in [5.74, 6) is 0. The third kappa shape index (κ3) is 1.28. The van der Waals surface area contributed by atoms with Crippen LogP contribution >= 0.6 is 0 Å². The Morgan fingerprint density at radius 1 is 1.33 bits per heavy atom. The Morgan fingerprint density at radius 3 is 2.44 bits per heavy atom. The summed E-state index contributed by atoms with van der Waals surface area (Å²) < 4.78 is 24.4. The zero-order valence-corrected chi connectivity index (χ0v) is 4.72. The van der Waals surface area contributed by atoms with Gasteiger partial charge < -0.3 is 5.73 Å². The van der Waals surface area contributed by atoms with E-state index in [0.29, 0.717) is 0 Å². The van der Waals surface area contributed by atoms with Crippen LogP contribution < -0.4 is 5.73 Å². The fourth-order valence-electron chi connectivity index (χ4n) is 0.641. The number of alkyl halides is 2. The van der Waals surface area contributed by atoms with E-state index in [4.69, 9.17) is 5.73 Å². The second kappa shape index (κ2) is 2.17. The molecule has 0 radical (unpaired) electrons. The molecule has 3 heteroatoms. The first kappa shape index (κ1) is 6.26. The van der Waals surface area contributed by atoms with Gasteiger partial charge in [-0.15, -0.1) is 0 Å². The Morgan fingerprint density at radius 2 is 2.00 bits per heavy atom. The molecule has 0 amide bonds. The Hall–Kier alpha value is -0.860. The molecule has 1 nitrogen and oxygen atoms in total. The maximum atomic E-state index is 12.2. The lowest BCUT2D eigenvalue weighted by atomic mass is 10.1. The average Bonchev–Trinajstić information content (AvgIpc) is 1.80. The Kier molecular flexibility index (Phi) is 1.51. The molecule has 0 fully saturated rings. The Balaban J connectivity index is 2.70. The maximum Gasteiger partial charge on any atom is 0.155 e. The first-order chi connectivity index (χ1) is 4.20. The van der Waals surface area contributed by atoms with Crippen LogP contribution in [0.25, 0.3) is 0 Å². The highest BCUT2D eigenvalue weighted by Crippen LogP contribution is 2.13. The highest BCUT2D eigenvalue weighted by Gasteiger charge is 2.17. The monoisotopic (exact) mass is 131 g/mol. The fraction of sp³-hybridized carbons (Fsp3) is 0.333. The summed E-state index contributed by atoms with van der Waals surface area (Å²) in [5.41, 5.74) is 5.44. The summed E-state index contributed by atoms with van der Waals surface area (Å²) in [7, 11) is 0. The lowest BCUT2D eigenvalue weighted by molar-refractivity contribution is 0.244. The molecular formula is C6H7F2N. The van der Waals surface area contributed by atoms with E-state index >= 15 is 0 Å². The molecule has 2 atom stereocenters. The van der Waals surface area contributed by atoms with Crippen LogP contribution in [-0.4, -0.2) is 12.3 Å². The summed E-state index contributed by atoms with van der Waals surface area (Å²) in [4.78, 5) is 0. The number of allylic oxidation sites excluding steroid dienone is 3. The minimum atomic E-state index is -1.56. The molecule has 0 bridgehead atoms. The smallest absolute Gasteiger partial charge is 0.155 e. The molecule has 50 valence electrons. The minimum absolute atomic E-state index is 0.288. The van der Waals surface area contributed by atoms with Crippen LogP contribution in [0.15, 0.2) is 23.9 Å². The molecule has 0 aromatic carbocycles. The van der Waals surface area contributed by atoms with E-state index in [1.807, 2.05) is 0 Å². The fourth-order valence-corrected chi connectivity index (χ4v) is 0.641. The standard InChI is InChI=1S/C6H7F2N/c7-5-2-1-4(9)3-6(5)8/h1-3,5-6H,9H2. The van der Waals surface area contributed by atoms with Gasteiger partial charge in [0.25, 0.3) is 0 Å². The van der Waals surface area contributed by atoms with Crippen molar-refractivity contribution in [2.24, 2.45) is 5.73 Å². The van der Waals surface area contributed by atoms with E-state index in [9.17, 15) is 8.78 Å². The quantitative estimate of drug-likeness (QED) is 0.523. The third-order valence-corrected chi connectivity index (χ3v) is 1.13. The second-order valence-corrected chi connectivity index (χ2v) is 1.91. The van der Waals surface area contributed by atoms with Crippen molar-refractivity contribution in [3.63, 3.8) is 0 Å². The van der Waals surface area contributed by atoms with Crippen molar-refractivity contribution in [3.8, 4) is 0 Å². The number of halogens is 2. The van der Waals surface area contributed by atoms with Crippen LogP contribution in [0, 0.1) is 0 Å². The van der Waals surface area contributed by atoms with E-state index in [1.54, 1.807) is 0 Å². The molecule has 0 spiro atoms. The molecule has 1 rings (SSSR count). The highest BCUT2D eigenvalue weighted by molar-refractivity contribution is 5.24. The van der Waals surface area contributed by atoms with E-state index in [1.165, 1.54) is 6.08 Å². The van der Waals surface area contributed by atoms with E-state index < -0.39 is 12.3 Å². The van der Waals surface area contributed by atoms with Gasteiger partial charge in [-0.3, -0.25) is 0 Å². The van der Waals surface area contributed by atoms with E-state index in [0.717, 1.165) is 12.2 Å². The Labute approximate surface area is 51.8 Å². The SMILES string of the molecule is NC1=CC(F)C(F)C=C1. The van der Waals surface area contributed by atoms with Gasteiger partial charge in [0, 0.05) is 5.70 Å². The summed E-state index contributed by atoms with van der Waals surface area (Å²) in [5, 5.41) is 0. The molecule has 1 aliphatic carbocycles. The molecule has 0 heterocycles. The molecule has 0 saturated heterocycles. The van der Waals surface area contributed by atoms with Crippen LogP contribution in [0.4, 0.5) is 8.78 Å². The van der Waals surface area contributed by atoms with Gasteiger partial charge in [0.2, 0.25) is 0 Å². The summed E-state index contributed by atoms with van der Waals surface area (Å²) in [6, 6.07) is 0. The van der Waals surface area contributed by atoms with Crippen molar-refractivity contribution in [3.05, 3.63) is 23.9 Å². The van der Waals surface area contributed by atoms with Crippen LogP contribution in [0.1, 0.15) is 0 Å². The Bertz CT molecular complexity index is 162. The first-order valence-electron chi connectivity index (χ1n) is 2.64. The zero-order chi connectivity index (χ0) is 6.85. The van der Waals surface area contributed by atoms with E-state index in [-0.39, 0.29) is 5.70 Å². The molecule has 2 N–H and O–H groups in total. The van der Waals surface area contributed by atoms with Gasteiger partial charge in [-0.25, -0.2) is 8.78 Å². The number of nitrogens with two attached hydrogens (primary N) is 1. The average molecular weight is 131 g/mol. The van der Waals surface area contributed by atoms with Gasteiger partial charge >= 0.3 is 0 Å². The summed E-state index contributed by atoms with van der Waals surface area (Å²) in [6.07, 6.45) is 0.457. The van der Waals surface area contributed by atoms with Crippen molar-refractivity contribution in [2.75, 3.05) is 0 Å². The zero-order valence-electron chi connectivity index (χ0n) is 4.72. The van der Waals surface area contributed by atoms with E-state index in [2.05, 4.69) is 0 Å². The van der Waals surface area contributed by atoms with Crippen molar-refractivity contribution in [1.29, 1.82) is 0 Å². The number of hydrogen-bond donors (Lipinski definition) is 1. The summed E-state index contributed by atoms with van der Waals surface area (Å²) in [6.45, 7) is 0. The molecule has 0 aliphatic heterocycles. The largest absolute Gasteiger partial charge is 0.399 e. The second-order valence-electron chi connectivity index (χ2n) is 1.91. The summed E-state index contributed by atoms with van der Waals surface area (Å²) >= 11 is 0. The van der Waals surface area contributed by atoms with Crippen molar-refractivity contribution >= 4 is 0 Å². The van der Waals surface area contributed by atoms with Gasteiger partial charge in [0.15, 0.2) is 12.3 Å². The molecular weight excluding hydrogens is 124 g/mol. The van der Waals surface area contributed by atoms with Crippen molar-refractivity contribution in [2.45, 2.75) is 12.3 Å². The predicted molar refractivity (Wildman–Crippen MR) is 31.2 cm³/mol. The predicted octanol–water partition coefficient (Wildman–Crippen LogP) is 1.08. The maximum absolute atomic E-state index is 12.2.